The fourth-order valence-electron chi connectivity index (χ4n) is 5.32. The minimum absolute atomic E-state index is 0.0176. The molecule has 9 nitrogen and oxygen atoms in total. The van der Waals surface area contributed by atoms with Gasteiger partial charge in [-0.3, -0.25) is 19.2 Å². The molecule has 0 fully saturated rings. The highest BCUT2D eigenvalue weighted by Gasteiger charge is 2.19. The summed E-state index contributed by atoms with van der Waals surface area (Å²) in [5.74, 6) is -1.33. The SMILES string of the molecule is CCc1ccn(Cc2ccc(OC)cc2)c(=O)c1NC(=O)/C(=C/c1ccc(CC(=O)O)cc1)NC(=O)Cc1cccc2ccccc12. The Bertz CT molecular complexity index is 2010. The molecule has 1 aromatic heterocycles. The summed E-state index contributed by atoms with van der Waals surface area (Å²) in [7, 11) is 1.58. The summed E-state index contributed by atoms with van der Waals surface area (Å²) < 4.78 is 6.74. The number of amides is 2. The minimum Gasteiger partial charge on any atom is -0.497 e. The third kappa shape index (κ3) is 8.20. The molecule has 5 aromatic rings. The Labute approximate surface area is 272 Å². The largest absolute Gasteiger partial charge is 0.497 e. The Kier molecular flexibility index (Phi) is 10.3. The van der Waals surface area contributed by atoms with Gasteiger partial charge >= 0.3 is 5.97 Å². The van der Waals surface area contributed by atoms with Crippen molar-refractivity contribution in [3.05, 3.63) is 147 Å². The van der Waals surface area contributed by atoms with Crippen LogP contribution in [0.1, 0.15) is 34.7 Å². The molecule has 0 bridgehead atoms. The van der Waals surface area contributed by atoms with Crippen molar-refractivity contribution in [3.8, 4) is 5.75 Å². The lowest BCUT2D eigenvalue weighted by atomic mass is 10.0. The van der Waals surface area contributed by atoms with E-state index >= 15 is 0 Å². The quantitative estimate of drug-likeness (QED) is 0.155. The van der Waals surface area contributed by atoms with E-state index in [1.165, 1.54) is 10.6 Å². The Morgan fingerprint density at radius 3 is 2.23 bits per heavy atom. The van der Waals surface area contributed by atoms with Gasteiger partial charge in [0.1, 0.15) is 17.1 Å². The number of benzene rings is 4. The van der Waals surface area contributed by atoms with Crippen LogP contribution in [0.2, 0.25) is 0 Å². The van der Waals surface area contributed by atoms with Crippen molar-refractivity contribution in [2.75, 3.05) is 12.4 Å². The number of carboxylic acids is 1. The van der Waals surface area contributed by atoms with Crippen LogP contribution in [-0.2, 0) is 40.2 Å². The van der Waals surface area contributed by atoms with Gasteiger partial charge in [-0.25, -0.2) is 0 Å². The topological polar surface area (TPSA) is 127 Å². The number of aryl methyl sites for hydroxylation is 1. The second-order valence-electron chi connectivity index (χ2n) is 11.0. The first-order valence-electron chi connectivity index (χ1n) is 15.2. The summed E-state index contributed by atoms with van der Waals surface area (Å²) in [6, 6.07) is 29.3. The van der Waals surface area contributed by atoms with Crippen LogP contribution in [0, 0.1) is 0 Å². The number of ether oxygens (including phenoxy) is 1. The molecule has 0 aliphatic heterocycles. The number of hydrogen-bond donors (Lipinski definition) is 3. The first-order chi connectivity index (χ1) is 22.7. The normalized spacial score (nSPS) is 11.2. The highest BCUT2D eigenvalue weighted by Crippen LogP contribution is 2.20. The van der Waals surface area contributed by atoms with E-state index in [0.717, 1.165) is 21.9 Å². The molecule has 0 aliphatic carbocycles. The first kappa shape index (κ1) is 32.4. The van der Waals surface area contributed by atoms with E-state index in [1.807, 2.05) is 73.7 Å². The van der Waals surface area contributed by atoms with Gasteiger partial charge in [-0.1, -0.05) is 85.8 Å². The van der Waals surface area contributed by atoms with E-state index in [9.17, 15) is 19.2 Å². The lowest BCUT2D eigenvalue weighted by Crippen LogP contribution is -2.34. The van der Waals surface area contributed by atoms with Gasteiger partial charge in [0.15, 0.2) is 0 Å². The number of pyridine rings is 1. The zero-order valence-electron chi connectivity index (χ0n) is 26.2. The molecule has 3 N–H and O–H groups in total. The van der Waals surface area contributed by atoms with Crippen LogP contribution in [0.4, 0.5) is 5.69 Å². The van der Waals surface area contributed by atoms with Crippen LogP contribution in [-0.4, -0.2) is 34.6 Å². The number of fused-ring (bicyclic) bond motifs is 1. The van der Waals surface area contributed by atoms with Crippen LogP contribution >= 0.6 is 0 Å². The summed E-state index contributed by atoms with van der Waals surface area (Å²) in [6.07, 6.45) is 3.57. The maximum absolute atomic E-state index is 13.9. The number of methoxy groups -OCH3 is 1. The Hall–Kier alpha value is -5.96. The maximum Gasteiger partial charge on any atom is 0.307 e. The molecular weight excluding hydrogens is 594 g/mol. The second-order valence-corrected chi connectivity index (χ2v) is 11.0. The fraction of sp³-hybridized carbons (Fsp3) is 0.158. The molecular formula is C38H35N3O6. The number of carbonyl (C=O) groups excluding carboxylic acids is 2. The van der Waals surface area contributed by atoms with E-state index in [-0.39, 0.29) is 36.3 Å². The summed E-state index contributed by atoms with van der Waals surface area (Å²) in [5, 5.41) is 16.6. The third-order valence-electron chi connectivity index (χ3n) is 7.78. The van der Waals surface area contributed by atoms with E-state index < -0.39 is 17.8 Å². The van der Waals surface area contributed by atoms with Gasteiger partial charge in [0, 0.05) is 6.20 Å². The molecule has 0 unspecified atom stereocenters. The second kappa shape index (κ2) is 14.9. The number of anilines is 1. The maximum atomic E-state index is 13.9. The third-order valence-corrected chi connectivity index (χ3v) is 7.78. The first-order valence-corrected chi connectivity index (χ1v) is 15.2. The van der Waals surface area contributed by atoms with Gasteiger partial charge in [-0.15, -0.1) is 0 Å². The molecule has 0 saturated carbocycles. The van der Waals surface area contributed by atoms with Crippen LogP contribution in [0.5, 0.6) is 5.75 Å². The molecule has 5 rings (SSSR count). The molecule has 0 saturated heterocycles. The molecule has 0 atom stereocenters. The summed E-state index contributed by atoms with van der Waals surface area (Å²) in [4.78, 5) is 52.1. The minimum atomic E-state index is -0.957. The number of nitrogens with zero attached hydrogens (tertiary/aromatic N) is 1. The molecule has 4 aromatic carbocycles. The molecule has 47 heavy (non-hydrogen) atoms. The van der Waals surface area contributed by atoms with E-state index in [1.54, 1.807) is 43.6 Å². The van der Waals surface area contributed by atoms with Gasteiger partial charge in [-0.05, 0) is 69.3 Å². The lowest BCUT2D eigenvalue weighted by molar-refractivity contribution is -0.136. The van der Waals surface area contributed by atoms with Crippen molar-refractivity contribution < 1.29 is 24.2 Å². The highest BCUT2D eigenvalue weighted by atomic mass is 16.5. The van der Waals surface area contributed by atoms with Gasteiger partial charge in [0.25, 0.3) is 11.5 Å². The van der Waals surface area contributed by atoms with Crippen molar-refractivity contribution in [3.63, 3.8) is 0 Å². The smallest absolute Gasteiger partial charge is 0.307 e. The predicted molar refractivity (Wildman–Crippen MR) is 182 cm³/mol. The van der Waals surface area contributed by atoms with Gasteiger partial charge < -0.3 is 25.0 Å². The monoisotopic (exact) mass is 629 g/mol. The van der Waals surface area contributed by atoms with Crippen LogP contribution in [0.3, 0.4) is 0 Å². The number of rotatable bonds is 12. The van der Waals surface area contributed by atoms with Crippen molar-refractivity contribution in [2.45, 2.75) is 32.7 Å². The number of aliphatic carboxylic acids is 1. The number of carboxylic acid groups (broad SMARTS) is 1. The average molecular weight is 630 g/mol. The van der Waals surface area contributed by atoms with Crippen LogP contribution in [0.25, 0.3) is 16.8 Å². The highest BCUT2D eigenvalue weighted by molar-refractivity contribution is 6.09. The summed E-state index contributed by atoms with van der Waals surface area (Å²) >= 11 is 0. The molecule has 9 heteroatoms. The number of carbonyl (C=O) groups is 3. The number of nitrogens with one attached hydrogen (secondary N) is 2. The summed E-state index contributed by atoms with van der Waals surface area (Å²) in [5.41, 5.74) is 3.16. The lowest BCUT2D eigenvalue weighted by Gasteiger charge is -2.16. The molecule has 0 aliphatic rings. The zero-order valence-corrected chi connectivity index (χ0v) is 26.2. The molecule has 2 amide bonds. The Morgan fingerprint density at radius 2 is 1.53 bits per heavy atom. The van der Waals surface area contributed by atoms with E-state index in [4.69, 9.17) is 9.84 Å². The van der Waals surface area contributed by atoms with Gasteiger partial charge in [-0.2, -0.15) is 0 Å². The number of aromatic nitrogens is 1. The average Bonchev–Trinajstić information content (AvgIpc) is 3.07. The number of hydrogen-bond acceptors (Lipinski definition) is 5. The summed E-state index contributed by atoms with van der Waals surface area (Å²) in [6.45, 7) is 2.17. The van der Waals surface area contributed by atoms with E-state index in [0.29, 0.717) is 28.9 Å². The van der Waals surface area contributed by atoms with Crippen molar-refractivity contribution in [2.24, 2.45) is 0 Å². The van der Waals surface area contributed by atoms with Crippen LogP contribution in [0.15, 0.2) is 114 Å². The van der Waals surface area contributed by atoms with Gasteiger partial charge in [0.2, 0.25) is 5.91 Å². The van der Waals surface area contributed by atoms with E-state index in [2.05, 4.69) is 10.6 Å². The van der Waals surface area contributed by atoms with Crippen molar-refractivity contribution in [1.82, 2.24) is 9.88 Å². The molecule has 1 heterocycles. The van der Waals surface area contributed by atoms with Crippen molar-refractivity contribution >= 4 is 40.3 Å². The van der Waals surface area contributed by atoms with Crippen LogP contribution < -0.4 is 20.9 Å². The Balaban J connectivity index is 1.45. The van der Waals surface area contributed by atoms with Gasteiger partial charge in [0.05, 0.1) is 26.5 Å². The zero-order chi connectivity index (χ0) is 33.3. The Morgan fingerprint density at radius 1 is 0.830 bits per heavy atom. The molecule has 0 spiro atoms. The molecule has 0 radical (unpaired) electrons. The fourth-order valence-corrected chi connectivity index (χ4v) is 5.32. The van der Waals surface area contributed by atoms with Crippen molar-refractivity contribution in [1.29, 1.82) is 0 Å². The predicted octanol–water partition coefficient (Wildman–Crippen LogP) is 5.59. The standard InChI is InChI=1S/C38H35N3O6/c1-3-28-19-20-41(24-27-15-17-31(47-2)18-16-27)38(46)36(28)40-37(45)33(21-25-11-13-26(14-12-25)22-35(43)44)39-34(42)23-30-9-6-8-29-7-4-5-10-32(29)30/h4-21H,3,22-24H2,1-2H3,(H,39,42)(H,40,45)(H,43,44)/b33-21-. The molecule has 238 valence electrons.